The highest BCUT2D eigenvalue weighted by Crippen LogP contribution is 2.22. The summed E-state index contributed by atoms with van der Waals surface area (Å²) in [7, 11) is 0. The molecule has 1 atom stereocenters. The number of carbonyl (C=O) groups excluding carboxylic acids is 1. The molecule has 1 amide bonds. The Morgan fingerprint density at radius 2 is 2.18 bits per heavy atom. The summed E-state index contributed by atoms with van der Waals surface area (Å²) in [4.78, 5) is 15.8. The molecule has 116 valence electrons. The molecular weight excluding hydrogens is 290 g/mol. The van der Waals surface area contributed by atoms with E-state index < -0.39 is 17.7 Å². The van der Waals surface area contributed by atoms with Gasteiger partial charge in [0, 0.05) is 6.42 Å². The second kappa shape index (κ2) is 6.93. The number of aromatic nitrogens is 3. The minimum Gasteiger partial charge on any atom is -0.345 e. The molecular formula is C15H16F2N4O. The van der Waals surface area contributed by atoms with Gasteiger partial charge < -0.3 is 5.32 Å². The lowest BCUT2D eigenvalue weighted by Crippen LogP contribution is -2.30. The van der Waals surface area contributed by atoms with Gasteiger partial charge in [-0.3, -0.25) is 9.48 Å². The number of aryl methyl sites for hydroxylation is 1. The topological polar surface area (TPSA) is 59.8 Å². The molecule has 0 radical (unpaired) electrons. The number of nitrogens with zero attached hydrogens (tertiary/aromatic N) is 3. The molecule has 0 spiro atoms. The van der Waals surface area contributed by atoms with Gasteiger partial charge in [0.05, 0.1) is 12.6 Å². The summed E-state index contributed by atoms with van der Waals surface area (Å²) in [6.45, 7) is 5.88. The predicted molar refractivity (Wildman–Crippen MR) is 76.7 cm³/mol. The van der Waals surface area contributed by atoms with Crippen LogP contribution in [-0.2, 0) is 11.3 Å². The standard InChI is InChI=1S/C15H16F2N4O/c1-10(2)15(11-3-4-12(16)13(17)7-11)20-14(22)5-6-21-9-18-8-19-21/h3-4,7-9,15H,1,5-6H2,2H3,(H,20,22)/t15-/m0/s1. The molecule has 2 aromatic rings. The highest BCUT2D eigenvalue weighted by molar-refractivity contribution is 5.76. The van der Waals surface area contributed by atoms with E-state index in [4.69, 9.17) is 0 Å². The minimum atomic E-state index is -0.958. The van der Waals surface area contributed by atoms with Crippen LogP contribution in [-0.4, -0.2) is 20.7 Å². The van der Waals surface area contributed by atoms with E-state index >= 15 is 0 Å². The Morgan fingerprint density at radius 1 is 1.41 bits per heavy atom. The van der Waals surface area contributed by atoms with Crippen molar-refractivity contribution in [1.29, 1.82) is 0 Å². The van der Waals surface area contributed by atoms with Crippen LogP contribution < -0.4 is 5.32 Å². The first kappa shape index (κ1) is 15.8. The van der Waals surface area contributed by atoms with Gasteiger partial charge in [-0.1, -0.05) is 18.2 Å². The van der Waals surface area contributed by atoms with Crippen LogP contribution in [0.25, 0.3) is 0 Å². The van der Waals surface area contributed by atoms with Gasteiger partial charge in [-0.2, -0.15) is 5.10 Å². The molecule has 5 nitrogen and oxygen atoms in total. The summed E-state index contributed by atoms with van der Waals surface area (Å²) in [5.74, 6) is -2.13. The van der Waals surface area contributed by atoms with Gasteiger partial charge >= 0.3 is 0 Å². The molecule has 0 unspecified atom stereocenters. The predicted octanol–water partition coefficient (Wildman–Crippen LogP) is 2.38. The average molecular weight is 306 g/mol. The summed E-state index contributed by atoms with van der Waals surface area (Å²) < 4.78 is 27.9. The Morgan fingerprint density at radius 3 is 2.77 bits per heavy atom. The Balaban J connectivity index is 2.03. The zero-order chi connectivity index (χ0) is 16.1. The third-order valence-corrected chi connectivity index (χ3v) is 3.11. The summed E-state index contributed by atoms with van der Waals surface area (Å²) in [6, 6.07) is 2.95. The maximum absolute atomic E-state index is 13.3. The number of benzene rings is 1. The van der Waals surface area contributed by atoms with E-state index in [1.54, 1.807) is 6.92 Å². The van der Waals surface area contributed by atoms with E-state index in [1.807, 2.05) is 0 Å². The number of halogens is 2. The zero-order valence-corrected chi connectivity index (χ0v) is 12.1. The molecule has 7 heteroatoms. The van der Waals surface area contributed by atoms with E-state index in [-0.39, 0.29) is 12.3 Å². The molecule has 0 saturated heterocycles. The fourth-order valence-electron chi connectivity index (χ4n) is 1.98. The van der Waals surface area contributed by atoms with Crippen LogP contribution in [0.4, 0.5) is 8.78 Å². The molecule has 0 saturated carbocycles. The molecule has 1 aromatic carbocycles. The summed E-state index contributed by atoms with van der Waals surface area (Å²) in [5.41, 5.74) is 1.07. The number of carbonyl (C=O) groups is 1. The van der Waals surface area contributed by atoms with Gasteiger partial charge in [0.25, 0.3) is 0 Å². The number of amides is 1. The lowest BCUT2D eigenvalue weighted by molar-refractivity contribution is -0.121. The van der Waals surface area contributed by atoms with E-state index in [1.165, 1.54) is 23.4 Å². The molecule has 0 fully saturated rings. The first-order chi connectivity index (χ1) is 10.5. The van der Waals surface area contributed by atoms with Crippen LogP contribution >= 0.6 is 0 Å². The van der Waals surface area contributed by atoms with Crippen molar-refractivity contribution in [1.82, 2.24) is 20.1 Å². The zero-order valence-electron chi connectivity index (χ0n) is 12.1. The summed E-state index contributed by atoms with van der Waals surface area (Å²) in [5, 5.41) is 6.65. The van der Waals surface area contributed by atoms with Gasteiger partial charge in [-0.25, -0.2) is 13.8 Å². The third kappa shape index (κ3) is 3.97. The number of nitrogens with one attached hydrogen (secondary N) is 1. The van der Waals surface area contributed by atoms with E-state index in [0.717, 1.165) is 12.1 Å². The van der Waals surface area contributed by atoms with Crippen LogP contribution in [0.2, 0.25) is 0 Å². The van der Waals surface area contributed by atoms with Gasteiger partial charge in [-0.05, 0) is 24.6 Å². The van der Waals surface area contributed by atoms with E-state index in [2.05, 4.69) is 22.0 Å². The van der Waals surface area contributed by atoms with Gasteiger partial charge in [0.15, 0.2) is 11.6 Å². The third-order valence-electron chi connectivity index (χ3n) is 3.11. The van der Waals surface area contributed by atoms with Crippen molar-refractivity contribution in [2.75, 3.05) is 0 Å². The maximum Gasteiger partial charge on any atom is 0.222 e. The number of rotatable bonds is 6. The highest BCUT2D eigenvalue weighted by Gasteiger charge is 2.17. The minimum absolute atomic E-state index is 0.191. The summed E-state index contributed by atoms with van der Waals surface area (Å²) >= 11 is 0. The largest absolute Gasteiger partial charge is 0.345 e. The smallest absolute Gasteiger partial charge is 0.222 e. The van der Waals surface area contributed by atoms with Crippen molar-refractivity contribution in [2.24, 2.45) is 0 Å². The van der Waals surface area contributed by atoms with E-state index in [0.29, 0.717) is 17.7 Å². The van der Waals surface area contributed by atoms with Crippen LogP contribution in [0.15, 0.2) is 43.0 Å². The van der Waals surface area contributed by atoms with E-state index in [9.17, 15) is 13.6 Å². The quantitative estimate of drug-likeness (QED) is 0.834. The van der Waals surface area contributed by atoms with Crippen molar-refractivity contribution in [2.45, 2.75) is 25.9 Å². The van der Waals surface area contributed by atoms with Crippen molar-refractivity contribution in [3.05, 3.63) is 60.2 Å². The fourth-order valence-corrected chi connectivity index (χ4v) is 1.98. The lowest BCUT2D eigenvalue weighted by atomic mass is 10.0. The van der Waals surface area contributed by atoms with Crippen molar-refractivity contribution >= 4 is 5.91 Å². The normalized spacial score (nSPS) is 12.0. The Kier molecular flexibility index (Phi) is 4.98. The monoisotopic (exact) mass is 306 g/mol. The number of hydrogen-bond acceptors (Lipinski definition) is 3. The average Bonchev–Trinajstić information content (AvgIpc) is 2.98. The van der Waals surface area contributed by atoms with Gasteiger partial charge in [-0.15, -0.1) is 0 Å². The molecule has 0 bridgehead atoms. The maximum atomic E-state index is 13.3. The Labute approximate surface area is 126 Å². The molecule has 0 aliphatic heterocycles. The lowest BCUT2D eigenvalue weighted by Gasteiger charge is -2.19. The Hall–Kier alpha value is -2.57. The van der Waals surface area contributed by atoms with Gasteiger partial charge in [0.2, 0.25) is 5.91 Å². The summed E-state index contributed by atoms with van der Waals surface area (Å²) in [6.07, 6.45) is 3.09. The molecule has 2 rings (SSSR count). The van der Waals surface area contributed by atoms with Gasteiger partial charge in [0.1, 0.15) is 12.7 Å². The first-order valence-electron chi connectivity index (χ1n) is 6.69. The van der Waals surface area contributed by atoms with Crippen molar-refractivity contribution in [3.8, 4) is 0 Å². The van der Waals surface area contributed by atoms with Crippen molar-refractivity contribution in [3.63, 3.8) is 0 Å². The van der Waals surface area contributed by atoms with Crippen LogP contribution in [0.5, 0.6) is 0 Å². The second-order valence-corrected chi connectivity index (χ2v) is 4.93. The molecule has 22 heavy (non-hydrogen) atoms. The second-order valence-electron chi connectivity index (χ2n) is 4.93. The fraction of sp³-hybridized carbons (Fsp3) is 0.267. The Bertz CT molecular complexity index is 670. The molecule has 0 aliphatic rings. The van der Waals surface area contributed by atoms with Crippen LogP contribution in [0.1, 0.15) is 24.9 Å². The van der Waals surface area contributed by atoms with Crippen molar-refractivity contribution < 1.29 is 13.6 Å². The molecule has 0 aliphatic carbocycles. The number of hydrogen-bond donors (Lipinski definition) is 1. The molecule has 1 heterocycles. The highest BCUT2D eigenvalue weighted by atomic mass is 19.2. The molecule has 1 N–H and O–H groups in total. The molecule has 1 aromatic heterocycles. The van der Waals surface area contributed by atoms with Crippen LogP contribution in [0.3, 0.4) is 0 Å². The van der Waals surface area contributed by atoms with Crippen LogP contribution in [0, 0.1) is 11.6 Å². The SMILES string of the molecule is C=C(C)[C@H](NC(=O)CCn1cncn1)c1ccc(F)c(F)c1. The first-order valence-corrected chi connectivity index (χ1v) is 6.69.